The Morgan fingerprint density at radius 3 is 1.74 bits per heavy atom. The molecular weight excluding hydrogens is 560 g/mol. The van der Waals surface area contributed by atoms with E-state index in [0.29, 0.717) is 0 Å². The maximum atomic E-state index is 5.08. The molecule has 0 radical (unpaired) electrons. The first kappa shape index (κ1) is 25.1. The molecule has 0 aliphatic heterocycles. The van der Waals surface area contributed by atoms with Crippen LogP contribution in [0.5, 0.6) is 0 Å². The number of fused-ring (bicyclic) bond motifs is 8. The molecule has 0 amide bonds. The van der Waals surface area contributed by atoms with Crippen LogP contribution in [0, 0.1) is 0 Å². The molecule has 3 heterocycles. The topological polar surface area (TPSA) is 35.6 Å². The Labute approximate surface area is 264 Å². The number of benzene rings is 7. The monoisotopic (exact) mass is 586 g/mol. The van der Waals surface area contributed by atoms with Gasteiger partial charge in [-0.15, -0.1) is 10.2 Å². The first-order chi connectivity index (χ1) is 22.8. The van der Waals surface area contributed by atoms with Crippen LogP contribution in [0.1, 0.15) is 0 Å². The van der Waals surface area contributed by atoms with E-state index in [1.807, 2.05) is 0 Å². The molecule has 0 aliphatic carbocycles. The highest BCUT2D eigenvalue weighted by molar-refractivity contribution is 6.17. The quantitative estimate of drug-likeness (QED) is 0.206. The van der Waals surface area contributed by atoms with Gasteiger partial charge in [-0.3, -0.25) is 4.57 Å². The molecule has 0 saturated heterocycles. The Morgan fingerprint density at radius 1 is 0.370 bits per heavy atom. The third-order valence-corrected chi connectivity index (χ3v) is 9.38. The van der Waals surface area contributed by atoms with Gasteiger partial charge in [-0.1, -0.05) is 121 Å². The zero-order valence-electron chi connectivity index (χ0n) is 24.8. The van der Waals surface area contributed by atoms with Crippen molar-refractivity contribution < 1.29 is 0 Å². The smallest absolute Gasteiger partial charge is 0.168 e. The summed E-state index contributed by atoms with van der Waals surface area (Å²) in [5.41, 5.74) is 7.59. The largest absolute Gasteiger partial charge is 0.309 e. The second-order valence-corrected chi connectivity index (χ2v) is 11.9. The molecule has 7 aromatic carbocycles. The van der Waals surface area contributed by atoms with Crippen molar-refractivity contribution in [3.8, 4) is 22.8 Å². The fourth-order valence-electron chi connectivity index (χ4n) is 7.39. The van der Waals surface area contributed by atoms with E-state index in [2.05, 4.69) is 167 Å². The van der Waals surface area contributed by atoms with Crippen LogP contribution in [0.4, 0.5) is 0 Å². The van der Waals surface area contributed by atoms with Gasteiger partial charge in [-0.05, 0) is 47.2 Å². The average molecular weight is 587 g/mol. The van der Waals surface area contributed by atoms with Gasteiger partial charge >= 0.3 is 0 Å². The molecule has 0 bridgehead atoms. The zero-order valence-corrected chi connectivity index (χ0v) is 24.8. The predicted octanol–water partition coefficient (Wildman–Crippen LogP) is 10.6. The van der Waals surface area contributed by atoms with Crippen LogP contribution in [0.15, 0.2) is 158 Å². The summed E-state index contributed by atoms with van der Waals surface area (Å²) >= 11 is 0. The van der Waals surface area contributed by atoms with Crippen LogP contribution in [-0.2, 0) is 0 Å². The van der Waals surface area contributed by atoms with Gasteiger partial charge in [0.1, 0.15) is 5.69 Å². The third kappa shape index (κ3) is 3.49. The molecule has 10 rings (SSSR count). The third-order valence-electron chi connectivity index (χ3n) is 9.38. The van der Waals surface area contributed by atoms with Crippen LogP contribution in [0.3, 0.4) is 0 Å². The van der Waals surface area contributed by atoms with E-state index in [0.717, 1.165) is 50.1 Å². The highest BCUT2D eigenvalue weighted by Crippen LogP contribution is 2.41. The minimum Gasteiger partial charge on any atom is -0.309 e. The second kappa shape index (κ2) is 9.62. The van der Waals surface area contributed by atoms with Gasteiger partial charge < -0.3 is 4.57 Å². The summed E-state index contributed by atoms with van der Waals surface area (Å²) in [5.74, 6) is 0.830. The van der Waals surface area contributed by atoms with Crippen molar-refractivity contribution >= 4 is 65.2 Å². The molecule has 4 nitrogen and oxygen atoms in total. The summed E-state index contributed by atoms with van der Waals surface area (Å²) in [4.78, 5) is 0. The summed E-state index contributed by atoms with van der Waals surface area (Å²) in [5, 5.41) is 19.5. The van der Waals surface area contributed by atoms with Gasteiger partial charge in [-0.25, -0.2) is 0 Å². The molecule has 4 heteroatoms. The average Bonchev–Trinajstić information content (AvgIpc) is 3.63. The molecule has 214 valence electrons. The molecule has 0 fully saturated rings. The number of hydrogen-bond donors (Lipinski definition) is 0. The van der Waals surface area contributed by atoms with E-state index in [4.69, 9.17) is 10.2 Å². The molecular formula is C42H26N4. The van der Waals surface area contributed by atoms with E-state index in [1.165, 1.54) is 37.8 Å². The first-order valence-corrected chi connectivity index (χ1v) is 15.6. The van der Waals surface area contributed by atoms with E-state index < -0.39 is 0 Å². The Kier molecular flexibility index (Phi) is 5.25. The number of hydrogen-bond acceptors (Lipinski definition) is 2. The van der Waals surface area contributed by atoms with Crippen molar-refractivity contribution in [3.05, 3.63) is 158 Å². The maximum Gasteiger partial charge on any atom is 0.168 e. The van der Waals surface area contributed by atoms with Crippen molar-refractivity contribution in [1.29, 1.82) is 0 Å². The molecule has 46 heavy (non-hydrogen) atoms. The maximum absolute atomic E-state index is 5.08. The predicted molar refractivity (Wildman–Crippen MR) is 191 cm³/mol. The molecule has 3 aromatic heterocycles. The first-order valence-electron chi connectivity index (χ1n) is 15.6. The molecule has 0 N–H and O–H groups in total. The van der Waals surface area contributed by atoms with Crippen molar-refractivity contribution in [3.63, 3.8) is 0 Å². The minimum atomic E-state index is 0.830. The molecule has 0 unspecified atom stereocenters. The lowest BCUT2D eigenvalue weighted by Gasteiger charge is -2.15. The molecule has 0 spiro atoms. The summed E-state index contributed by atoms with van der Waals surface area (Å²) in [7, 11) is 0. The molecule has 10 aromatic rings. The van der Waals surface area contributed by atoms with Crippen molar-refractivity contribution in [1.82, 2.24) is 19.3 Å². The Morgan fingerprint density at radius 2 is 0.957 bits per heavy atom. The van der Waals surface area contributed by atoms with E-state index in [1.54, 1.807) is 0 Å². The number of rotatable bonds is 3. The fraction of sp³-hybridized carbons (Fsp3) is 0. The van der Waals surface area contributed by atoms with Gasteiger partial charge in [0.05, 0.1) is 22.1 Å². The van der Waals surface area contributed by atoms with Crippen LogP contribution in [0.25, 0.3) is 87.9 Å². The zero-order chi connectivity index (χ0) is 30.2. The lowest BCUT2D eigenvalue weighted by Crippen LogP contribution is -2.03. The van der Waals surface area contributed by atoms with Gasteiger partial charge in [-0.2, -0.15) is 0 Å². The Hall–Kier alpha value is -6.26. The van der Waals surface area contributed by atoms with Crippen molar-refractivity contribution in [2.75, 3.05) is 0 Å². The molecule has 0 atom stereocenters. The van der Waals surface area contributed by atoms with Crippen molar-refractivity contribution in [2.24, 2.45) is 0 Å². The Bertz CT molecular complexity index is 2810. The van der Waals surface area contributed by atoms with E-state index >= 15 is 0 Å². The van der Waals surface area contributed by atoms with Crippen LogP contribution < -0.4 is 0 Å². The summed E-state index contributed by atoms with van der Waals surface area (Å²) < 4.78 is 4.65. The molecule has 0 saturated carbocycles. The SMILES string of the molecule is c1ccc(-n2c3ccccc3c3cccc(-c4nnc(-n5c6ccccc6c6cc7ccccc7cc65)c5ccccc45)c32)cc1. The summed E-state index contributed by atoms with van der Waals surface area (Å²) in [6.07, 6.45) is 0. The van der Waals surface area contributed by atoms with Gasteiger partial charge in [0.25, 0.3) is 0 Å². The lowest BCUT2D eigenvalue weighted by molar-refractivity contribution is 0.977. The van der Waals surface area contributed by atoms with E-state index in [-0.39, 0.29) is 0 Å². The summed E-state index contributed by atoms with van der Waals surface area (Å²) in [6.45, 7) is 0. The van der Waals surface area contributed by atoms with Crippen LogP contribution >= 0.6 is 0 Å². The van der Waals surface area contributed by atoms with Crippen LogP contribution in [-0.4, -0.2) is 19.3 Å². The lowest BCUT2D eigenvalue weighted by atomic mass is 10.0. The van der Waals surface area contributed by atoms with Gasteiger partial charge in [0.15, 0.2) is 5.82 Å². The van der Waals surface area contributed by atoms with E-state index in [9.17, 15) is 0 Å². The van der Waals surface area contributed by atoms with Gasteiger partial charge in [0, 0.05) is 43.6 Å². The van der Waals surface area contributed by atoms with Crippen molar-refractivity contribution in [2.45, 2.75) is 0 Å². The highest BCUT2D eigenvalue weighted by atomic mass is 15.2. The van der Waals surface area contributed by atoms with Gasteiger partial charge in [0.2, 0.25) is 0 Å². The minimum absolute atomic E-state index is 0.830. The highest BCUT2D eigenvalue weighted by Gasteiger charge is 2.21. The number of nitrogens with zero attached hydrogens (tertiary/aromatic N) is 4. The normalized spacial score (nSPS) is 11.9. The fourth-order valence-corrected chi connectivity index (χ4v) is 7.39. The number of para-hydroxylation sites is 4. The standard InChI is InChI=1S/C42H26N4/c1-2-15-29(16-3-1)45-37-23-10-8-17-30(37)33-21-12-22-35(41(33)45)40-32-19-6-7-20-34(32)42(44-43-40)46-38-24-11-9-18-31(38)36-25-27-13-4-5-14-28(27)26-39(36)46/h1-26H. The second-order valence-electron chi connectivity index (χ2n) is 11.9. The van der Waals surface area contributed by atoms with Crippen LogP contribution in [0.2, 0.25) is 0 Å². The Balaban J connectivity index is 1.30. The molecule has 0 aliphatic rings. The summed E-state index contributed by atoms with van der Waals surface area (Å²) in [6, 6.07) is 56.1. The number of aromatic nitrogens is 4.